The van der Waals surface area contributed by atoms with E-state index in [0.717, 1.165) is 6.92 Å². The summed E-state index contributed by atoms with van der Waals surface area (Å²) < 4.78 is 7.50. The van der Waals surface area contributed by atoms with Gasteiger partial charge in [-0.05, 0) is 0 Å². The van der Waals surface area contributed by atoms with Crippen LogP contribution in [-0.4, -0.2) is 72.5 Å². The molecule has 0 heterocycles. The molecule has 0 aromatic rings. The molecule has 0 unspecified atom stereocenters. The summed E-state index contributed by atoms with van der Waals surface area (Å²) in [6.45, 7) is 5.58. The van der Waals surface area contributed by atoms with Crippen LogP contribution >= 0.6 is 0 Å². The van der Waals surface area contributed by atoms with Crippen LogP contribution in [-0.2, 0) is 38.2 Å². The van der Waals surface area contributed by atoms with Gasteiger partial charge in [0, 0.05) is 6.92 Å². The summed E-state index contributed by atoms with van der Waals surface area (Å²) >= 11 is 0. The van der Waals surface area contributed by atoms with E-state index in [1.807, 2.05) is 0 Å². The van der Waals surface area contributed by atoms with Gasteiger partial charge in [-0.2, -0.15) is 9.59 Å². The average Bonchev–Trinajstić information content (AvgIpc) is 2.30. The summed E-state index contributed by atoms with van der Waals surface area (Å²) in [6, 6.07) is 0. The molecule has 9 N–H and O–H groups in total. The van der Waals surface area contributed by atoms with Crippen LogP contribution in [0.5, 0.6) is 0 Å². The number of carboxylic acids is 5. The van der Waals surface area contributed by atoms with Crippen molar-refractivity contribution in [2.45, 2.75) is 13.3 Å². The predicted molar refractivity (Wildman–Crippen MR) is 64.6 cm³/mol. The van der Waals surface area contributed by atoms with Crippen molar-refractivity contribution in [3.8, 4) is 0 Å². The Morgan fingerprint density at radius 3 is 0.917 bits per heavy atom. The van der Waals surface area contributed by atoms with Gasteiger partial charge < -0.3 is 36.5 Å². The van der Waals surface area contributed by atoms with Crippen LogP contribution in [0, 0.1) is 6.65 Å². The van der Waals surface area contributed by atoms with Gasteiger partial charge in [0.2, 0.25) is 0 Å². The number of carbonyl (C=O) groups excluding carboxylic acids is 2. The fourth-order valence-corrected chi connectivity index (χ4v) is 0.129. The van der Waals surface area contributed by atoms with Crippen molar-refractivity contribution in [1.82, 2.24) is 0 Å². The molecule has 0 saturated carbocycles. The third kappa shape index (κ3) is 289. The summed E-state index contributed by atoms with van der Waals surface area (Å²) in [5.41, 5.74) is 0. The molecule has 15 heteroatoms. The minimum atomic E-state index is -1.82. The fraction of sp³-hybridized carbons (Fsp3) is 0.222. The van der Waals surface area contributed by atoms with Gasteiger partial charge >= 0.3 is 41.3 Å². The average molecular weight is 362 g/mol. The summed E-state index contributed by atoms with van der Waals surface area (Å²) in [6.07, 6.45) is -0.556. The van der Waals surface area contributed by atoms with E-state index in [0.29, 0.717) is 0 Å². The first-order valence-corrected chi connectivity index (χ1v) is 4.21. The van der Waals surface area contributed by atoms with E-state index >= 15 is 0 Å². The van der Waals surface area contributed by atoms with E-state index in [1.54, 1.807) is 0 Å². The van der Waals surface area contributed by atoms with Gasteiger partial charge in [-0.15, -0.1) is 0 Å². The molecule has 0 aliphatic rings. The van der Waals surface area contributed by atoms with Gasteiger partial charge in [-0.25, -0.2) is 9.59 Å². The quantitative estimate of drug-likeness (QED) is 0.138. The molecular weight excluding hydrogens is 348 g/mol. The van der Waals surface area contributed by atoms with E-state index in [2.05, 4.69) is 6.65 Å². The Morgan fingerprint density at radius 2 is 0.917 bits per heavy atom. The van der Waals surface area contributed by atoms with Crippen molar-refractivity contribution in [1.29, 1.82) is 0 Å². The topological polar surface area (TPSA) is 304 Å². The summed E-state index contributed by atoms with van der Waals surface area (Å²) in [4.78, 5) is 62.3. The third-order valence-corrected chi connectivity index (χ3v) is 0.485. The van der Waals surface area contributed by atoms with Gasteiger partial charge in [0.15, 0.2) is 0 Å². The van der Waals surface area contributed by atoms with Crippen molar-refractivity contribution < 1.29 is 74.7 Å². The molecule has 0 aromatic carbocycles. The first-order valence-electron chi connectivity index (χ1n) is 4.21. The SMILES string of the molecule is CC(=O)O.O.O.O=C(O)C(=O)O.O=C(O)CC(=O)O.O=C=O.[C-]#[O+]. The van der Waals surface area contributed by atoms with Gasteiger partial charge in [-0.3, -0.25) is 14.4 Å². The van der Waals surface area contributed by atoms with E-state index in [4.69, 9.17) is 54.2 Å². The first kappa shape index (κ1) is 42.8. The Hall–Kier alpha value is -3.61. The van der Waals surface area contributed by atoms with Crippen LogP contribution in [0.1, 0.15) is 13.3 Å². The Balaban J connectivity index is -0.0000000313. The predicted octanol–water partition coefficient (Wildman–Crippen LogP) is -3.48. The second-order valence-corrected chi connectivity index (χ2v) is 2.18. The fourth-order valence-electron chi connectivity index (χ4n) is 0.129. The van der Waals surface area contributed by atoms with E-state index < -0.39 is 36.3 Å². The van der Waals surface area contributed by atoms with Crippen molar-refractivity contribution in [2.24, 2.45) is 0 Å². The zero-order chi connectivity index (χ0) is 19.3. The Morgan fingerprint density at radius 1 is 0.792 bits per heavy atom. The summed E-state index contributed by atoms with van der Waals surface area (Å²) in [7, 11) is 0. The molecule has 0 aliphatic carbocycles. The second kappa shape index (κ2) is 36.6. The van der Waals surface area contributed by atoms with Crippen LogP contribution in [0.4, 0.5) is 0 Å². The molecule has 24 heavy (non-hydrogen) atoms. The van der Waals surface area contributed by atoms with Gasteiger partial charge in [0.25, 0.3) is 5.97 Å². The zero-order valence-corrected chi connectivity index (χ0v) is 11.7. The van der Waals surface area contributed by atoms with Crippen LogP contribution in [0.2, 0.25) is 0 Å². The van der Waals surface area contributed by atoms with Crippen molar-refractivity contribution in [3.63, 3.8) is 0 Å². The van der Waals surface area contributed by atoms with E-state index in [-0.39, 0.29) is 17.1 Å². The summed E-state index contributed by atoms with van der Waals surface area (Å²) in [5, 5.41) is 37.6. The molecule has 0 bridgehead atoms. The normalized spacial score (nSPS) is 5.62. The number of carbonyl (C=O) groups is 5. The van der Waals surface area contributed by atoms with Crippen LogP contribution < -0.4 is 0 Å². The number of rotatable bonds is 2. The molecule has 15 nitrogen and oxygen atoms in total. The molecule has 0 rings (SSSR count). The molecule has 0 saturated heterocycles. The molecule has 0 fully saturated rings. The molecule has 140 valence electrons. The van der Waals surface area contributed by atoms with Crippen molar-refractivity contribution in [2.75, 3.05) is 0 Å². The van der Waals surface area contributed by atoms with Crippen molar-refractivity contribution in [3.05, 3.63) is 6.65 Å². The molecule has 0 amide bonds. The van der Waals surface area contributed by atoms with Gasteiger partial charge in [0.05, 0.1) is 0 Å². The van der Waals surface area contributed by atoms with Crippen molar-refractivity contribution >= 4 is 36.0 Å². The van der Waals surface area contributed by atoms with Crippen LogP contribution in [0.25, 0.3) is 0 Å². The zero-order valence-electron chi connectivity index (χ0n) is 11.7. The number of aliphatic carboxylic acids is 5. The molecule has 0 atom stereocenters. The number of carboxylic acid groups (broad SMARTS) is 5. The van der Waals surface area contributed by atoms with Crippen LogP contribution in [0.15, 0.2) is 0 Å². The monoisotopic (exact) mass is 362 g/mol. The second-order valence-electron chi connectivity index (χ2n) is 2.18. The third-order valence-electron chi connectivity index (χ3n) is 0.485. The Bertz CT molecular complexity index is 386. The van der Waals surface area contributed by atoms with Gasteiger partial charge in [-0.1, -0.05) is 0 Å². The summed E-state index contributed by atoms with van der Waals surface area (Å²) in [5.74, 6) is -7.11. The molecule has 0 aromatic heterocycles. The minimum absolute atomic E-state index is 0. The maximum absolute atomic E-state index is 9.43. The molecule has 0 aliphatic heterocycles. The molecule has 0 radical (unpaired) electrons. The molecular formula is C9H14O15. The molecule has 0 spiro atoms. The standard InChI is InChI=1S/C3H4O4.C2H2O4.C2H4O2.CO2.CO.2H2O/c4-2(5)1-3(6)7;3-1(4)2(5)6;1-2(3)4;2-1-3;1-2;;/h1H2,(H,4,5)(H,6,7);(H,3,4)(H,5,6);1H3,(H,3,4);;;2*1H2. The first-order chi connectivity index (χ1) is 9.91. The number of hydrogen-bond acceptors (Lipinski definition) is 7. The van der Waals surface area contributed by atoms with E-state index in [1.165, 1.54) is 0 Å². The van der Waals surface area contributed by atoms with E-state index in [9.17, 15) is 9.59 Å². The maximum atomic E-state index is 9.43. The van der Waals surface area contributed by atoms with Crippen LogP contribution in [0.3, 0.4) is 0 Å². The number of hydrogen-bond donors (Lipinski definition) is 5. The Kier molecular flexibility index (Phi) is 65.2. The Labute approximate surface area is 132 Å². The van der Waals surface area contributed by atoms with Gasteiger partial charge in [0.1, 0.15) is 6.42 Å².